The fourth-order valence-corrected chi connectivity index (χ4v) is 8.23. The monoisotopic (exact) mass is 688 g/mol. The quantitative estimate of drug-likeness (QED) is 0.378. The summed E-state index contributed by atoms with van der Waals surface area (Å²) in [6.07, 6.45) is 4.70. The first-order valence-electron chi connectivity index (χ1n) is 18.0. The lowest BCUT2D eigenvalue weighted by Crippen LogP contribution is -2.53. The third kappa shape index (κ3) is 7.39. The molecule has 2 N–H and O–H groups in total. The maximum Gasteiger partial charge on any atom is 0.417 e. The Hall–Kier alpha value is -4.36. The van der Waals surface area contributed by atoms with Gasteiger partial charge in [0.15, 0.2) is 11.7 Å². The van der Waals surface area contributed by atoms with Crippen LogP contribution in [-0.4, -0.2) is 120 Å². The number of carbonyl (C=O) groups is 3. The summed E-state index contributed by atoms with van der Waals surface area (Å²) in [6, 6.07) is 11.8. The summed E-state index contributed by atoms with van der Waals surface area (Å²) in [5.74, 6) is -0.752. The molecule has 268 valence electrons. The molecule has 3 aromatic rings. The molecule has 0 radical (unpaired) electrons. The van der Waals surface area contributed by atoms with E-state index in [0.29, 0.717) is 68.8 Å². The van der Waals surface area contributed by atoms with Gasteiger partial charge in [0.1, 0.15) is 0 Å². The van der Waals surface area contributed by atoms with Crippen molar-refractivity contribution in [3.63, 3.8) is 0 Å². The Balaban J connectivity index is 1.00. The molecule has 3 saturated heterocycles. The number of urea groups is 1. The summed E-state index contributed by atoms with van der Waals surface area (Å²) in [6.45, 7) is 6.52. The summed E-state index contributed by atoms with van der Waals surface area (Å²) in [4.78, 5) is 63.4. The number of nitrogens with one attached hydrogen (secondary N) is 2. The minimum absolute atomic E-state index is 0.00177. The number of amides is 4. The van der Waals surface area contributed by atoms with Gasteiger partial charge in [-0.15, -0.1) is 0 Å². The second kappa shape index (κ2) is 14.9. The Bertz CT molecular complexity index is 1750. The van der Waals surface area contributed by atoms with Gasteiger partial charge in [0.2, 0.25) is 0 Å². The van der Waals surface area contributed by atoms with Crippen LogP contribution < -0.4 is 11.1 Å². The van der Waals surface area contributed by atoms with E-state index in [1.54, 1.807) is 18.1 Å². The third-order valence-corrected chi connectivity index (χ3v) is 11.1. The van der Waals surface area contributed by atoms with Gasteiger partial charge < -0.3 is 38.8 Å². The van der Waals surface area contributed by atoms with Gasteiger partial charge in [-0.3, -0.25) is 9.78 Å². The van der Waals surface area contributed by atoms with Crippen LogP contribution >= 0.6 is 0 Å². The molecule has 4 aliphatic heterocycles. The van der Waals surface area contributed by atoms with E-state index in [9.17, 15) is 19.2 Å². The first-order chi connectivity index (χ1) is 24.2. The van der Waals surface area contributed by atoms with Crippen LogP contribution in [0.25, 0.3) is 11.1 Å². The highest BCUT2D eigenvalue weighted by atomic mass is 16.6. The van der Waals surface area contributed by atoms with Gasteiger partial charge in [-0.05, 0) is 80.7 Å². The average molecular weight is 689 g/mol. The van der Waals surface area contributed by atoms with Gasteiger partial charge in [-0.2, -0.15) is 0 Å². The maximum atomic E-state index is 14.1. The van der Waals surface area contributed by atoms with Gasteiger partial charge in [-0.25, -0.2) is 14.4 Å². The highest BCUT2D eigenvalue weighted by molar-refractivity contribution is 5.91. The minimum Gasteiger partial charge on any atom is -0.436 e. The molecule has 13 nitrogen and oxygen atoms in total. The van der Waals surface area contributed by atoms with Gasteiger partial charge >= 0.3 is 17.9 Å². The molecule has 4 amide bonds. The Labute approximate surface area is 291 Å². The number of piperidine rings is 3. The molecule has 0 bridgehead atoms. The van der Waals surface area contributed by atoms with Crippen LogP contribution in [0.3, 0.4) is 0 Å². The zero-order valence-electron chi connectivity index (χ0n) is 29.0. The summed E-state index contributed by atoms with van der Waals surface area (Å²) in [5.41, 5.74) is 4.53. The number of nitrogens with zero attached hydrogens (tertiary/aromatic N) is 4. The van der Waals surface area contributed by atoms with Crippen LogP contribution in [0.4, 0.5) is 15.3 Å². The van der Waals surface area contributed by atoms with Crippen LogP contribution in [0.5, 0.6) is 0 Å². The van der Waals surface area contributed by atoms with E-state index in [-0.39, 0.29) is 24.4 Å². The van der Waals surface area contributed by atoms with E-state index < -0.39 is 18.0 Å². The van der Waals surface area contributed by atoms with E-state index in [1.807, 2.05) is 47.1 Å². The lowest BCUT2D eigenvalue weighted by molar-refractivity contribution is -0.142. The van der Waals surface area contributed by atoms with Crippen LogP contribution in [0.2, 0.25) is 0 Å². The molecule has 3 fully saturated rings. The van der Waals surface area contributed by atoms with E-state index in [0.717, 1.165) is 67.6 Å². The molecular weight excluding hydrogens is 640 g/mol. The van der Waals surface area contributed by atoms with Crippen molar-refractivity contribution < 1.29 is 28.3 Å². The van der Waals surface area contributed by atoms with Crippen molar-refractivity contribution in [1.29, 1.82) is 0 Å². The highest BCUT2D eigenvalue weighted by Crippen LogP contribution is 2.27. The standard InChI is InChI=1S/C37H48N6O7/c1-24-21-25(22-31-33(24)39-36(46)49-31)23-32(34(44)41-14-8-27(9-15-41)40-18-12-29(48-2)13-19-40)50-37(47)42-16-10-28(11-17-42)43-20-7-26-5-3-4-6-30(26)38-35(43)45/h3-6,21-22,27-29,32H,7-20,23H2,1-2H3,(H,38,45)(H,39,46)/t32-/m1/s1. The predicted molar refractivity (Wildman–Crippen MR) is 187 cm³/mol. The molecule has 0 aliphatic carbocycles. The van der Waals surface area contributed by atoms with Crippen LogP contribution in [0.1, 0.15) is 55.2 Å². The number of aromatic amines is 1. The Morgan fingerprint density at radius 3 is 2.34 bits per heavy atom. The van der Waals surface area contributed by atoms with Crippen LogP contribution in [0, 0.1) is 6.92 Å². The topological polar surface area (TPSA) is 141 Å². The average Bonchev–Trinajstić information content (AvgIpc) is 3.43. The SMILES string of the molecule is COC1CCN(C2CCN(C(=O)[C@@H](Cc3cc(C)c4[nH]c(=O)oc4c3)OC(=O)N3CCC(N4CCc5ccccc5NC4=O)CC3)CC2)CC1. The number of para-hydroxylation sites is 1. The molecule has 7 rings (SSSR count). The zero-order chi connectivity index (χ0) is 34.8. The highest BCUT2D eigenvalue weighted by Gasteiger charge is 2.37. The minimum atomic E-state index is -1.04. The lowest BCUT2D eigenvalue weighted by atomic mass is 9.97. The number of hydrogen-bond donors (Lipinski definition) is 2. The Morgan fingerprint density at radius 2 is 1.60 bits per heavy atom. The van der Waals surface area contributed by atoms with Crippen molar-refractivity contribution >= 4 is 34.8 Å². The molecule has 0 spiro atoms. The number of aryl methyl sites for hydroxylation is 1. The van der Waals surface area contributed by atoms with Gasteiger partial charge in [0.25, 0.3) is 5.91 Å². The van der Waals surface area contributed by atoms with E-state index in [2.05, 4.69) is 15.2 Å². The fraction of sp³-hybridized carbons (Fsp3) is 0.568. The van der Waals surface area contributed by atoms with E-state index in [4.69, 9.17) is 13.9 Å². The molecule has 4 aliphatic rings. The van der Waals surface area contributed by atoms with Crippen molar-refractivity contribution in [2.75, 3.05) is 58.2 Å². The number of rotatable bonds is 7. The molecule has 50 heavy (non-hydrogen) atoms. The number of fused-ring (bicyclic) bond motifs is 2. The number of benzene rings is 2. The number of ether oxygens (including phenoxy) is 2. The van der Waals surface area contributed by atoms with Gasteiger partial charge in [0.05, 0.1) is 11.6 Å². The molecular formula is C37H48N6O7. The van der Waals surface area contributed by atoms with Crippen molar-refractivity contribution in [1.82, 2.24) is 24.6 Å². The summed E-state index contributed by atoms with van der Waals surface area (Å²) in [5, 5.41) is 3.04. The summed E-state index contributed by atoms with van der Waals surface area (Å²) in [7, 11) is 1.78. The predicted octanol–water partition coefficient (Wildman–Crippen LogP) is 4.13. The number of methoxy groups -OCH3 is 1. The second-order valence-corrected chi connectivity index (χ2v) is 14.2. The first kappa shape index (κ1) is 34.1. The van der Waals surface area contributed by atoms with Gasteiger partial charge in [-0.1, -0.05) is 24.3 Å². The molecule has 0 saturated carbocycles. The lowest BCUT2D eigenvalue weighted by Gasteiger charge is -2.42. The van der Waals surface area contributed by atoms with Crippen molar-refractivity contribution in [2.24, 2.45) is 0 Å². The van der Waals surface area contributed by atoms with Crippen LogP contribution in [0.15, 0.2) is 45.6 Å². The molecule has 1 atom stereocenters. The smallest absolute Gasteiger partial charge is 0.417 e. The zero-order valence-corrected chi connectivity index (χ0v) is 29.0. The number of aromatic nitrogens is 1. The van der Waals surface area contributed by atoms with E-state index in [1.165, 1.54) is 0 Å². The normalized spacial score (nSPS) is 20.8. The second-order valence-electron chi connectivity index (χ2n) is 14.2. The largest absolute Gasteiger partial charge is 0.436 e. The maximum absolute atomic E-state index is 14.1. The van der Waals surface area contributed by atoms with Gasteiger partial charge in [0, 0.05) is 77.1 Å². The first-order valence-corrected chi connectivity index (χ1v) is 18.0. The summed E-state index contributed by atoms with van der Waals surface area (Å²) >= 11 is 0. The number of likely N-dealkylation sites (tertiary alicyclic amines) is 3. The number of anilines is 1. The number of carbonyl (C=O) groups excluding carboxylic acids is 3. The number of H-pyrrole nitrogens is 1. The van der Waals surface area contributed by atoms with Crippen molar-refractivity contribution in [3.8, 4) is 0 Å². The van der Waals surface area contributed by atoms with Crippen molar-refractivity contribution in [2.45, 2.75) is 82.6 Å². The molecule has 2 aromatic carbocycles. The third-order valence-electron chi connectivity index (χ3n) is 11.1. The van der Waals surface area contributed by atoms with Crippen molar-refractivity contribution in [3.05, 3.63) is 63.6 Å². The van der Waals surface area contributed by atoms with E-state index >= 15 is 0 Å². The molecule has 0 unspecified atom stereocenters. The Kier molecular flexibility index (Phi) is 10.1. The summed E-state index contributed by atoms with van der Waals surface area (Å²) < 4.78 is 17.0. The number of oxazole rings is 1. The molecule has 1 aromatic heterocycles. The Morgan fingerprint density at radius 1 is 0.900 bits per heavy atom. The number of hydrogen-bond acceptors (Lipinski definition) is 8. The van der Waals surface area contributed by atoms with Crippen LogP contribution in [-0.2, 0) is 27.1 Å². The molecule has 5 heterocycles. The molecule has 13 heteroatoms. The fourth-order valence-electron chi connectivity index (χ4n) is 8.23.